The molecule has 1 N–H and O–H groups in total. The molecule has 0 spiro atoms. The van der Waals surface area contributed by atoms with E-state index in [1.165, 1.54) is 0 Å². The first-order valence-corrected chi connectivity index (χ1v) is 9.36. The first-order valence-electron chi connectivity index (χ1n) is 8.99. The Morgan fingerprint density at radius 2 is 1.86 bits per heavy atom. The van der Waals surface area contributed by atoms with Crippen molar-refractivity contribution in [2.75, 3.05) is 6.54 Å². The van der Waals surface area contributed by atoms with Gasteiger partial charge in [-0.3, -0.25) is 9.36 Å². The quantitative estimate of drug-likeness (QED) is 0.716. The van der Waals surface area contributed by atoms with Crippen LogP contribution < -0.4 is 10.9 Å². The molecular formula is C21H22ClN3O3. The van der Waals surface area contributed by atoms with Gasteiger partial charge in [0.2, 0.25) is 0 Å². The number of halogens is 1. The number of amides is 1. The third-order valence-corrected chi connectivity index (χ3v) is 4.26. The van der Waals surface area contributed by atoms with Gasteiger partial charge in [0.1, 0.15) is 11.4 Å². The normalized spacial score (nSPS) is 11.4. The van der Waals surface area contributed by atoms with Crippen molar-refractivity contribution in [1.29, 1.82) is 0 Å². The standard InChI is InChI=1S/C21H22ClN3O3/c1-21(2,3)28-20(27)23-13-12-17-24-18-15(10-7-11-16(18)22)19(26)25(17)14-8-5-4-6-9-14/h4-11H,12-13H2,1-3H3,(H,23,27). The van der Waals surface area contributed by atoms with Crippen molar-refractivity contribution in [1.82, 2.24) is 14.9 Å². The number of aromatic nitrogens is 2. The van der Waals surface area contributed by atoms with Gasteiger partial charge in [0.25, 0.3) is 5.56 Å². The lowest BCUT2D eigenvalue weighted by atomic mass is 10.2. The van der Waals surface area contributed by atoms with Crippen LogP contribution in [0.25, 0.3) is 16.6 Å². The maximum atomic E-state index is 13.1. The molecule has 0 saturated carbocycles. The molecule has 2 aromatic carbocycles. The largest absolute Gasteiger partial charge is 0.444 e. The van der Waals surface area contributed by atoms with Gasteiger partial charge in [0, 0.05) is 13.0 Å². The van der Waals surface area contributed by atoms with Crippen LogP contribution in [-0.2, 0) is 11.2 Å². The van der Waals surface area contributed by atoms with Crippen molar-refractivity contribution in [3.8, 4) is 5.69 Å². The number of rotatable bonds is 4. The van der Waals surface area contributed by atoms with Crippen LogP contribution in [0, 0.1) is 0 Å². The van der Waals surface area contributed by atoms with E-state index >= 15 is 0 Å². The highest BCUT2D eigenvalue weighted by atomic mass is 35.5. The van der Waals surface area contributed by atoms with Crippen LogP contribution in [0.1, 0.15) is 26.6 Å². The molecule has 0 bridgehead atoms. The van der Waals surface area contributed by atoms with E-state index in [9.17, 15) is 9.59 Å². The summed E-state index contributed by atoms with van der Waals surface area (Å²) in [4.78, 5) is 29.7. The van der Waals surface area contributed by atoms with Gasteiger partial charge >= 0.3 is 6.09 Å². The molecule has 0 radical (unpaired) electrons. The Bertz CT molecular complexity index is 1060. The average Bonchev–Trinajstić information content (AvgIpc) is 2.62. The van der Waals surface area contributed by atoms with E-state index in [0.29, 0.717) is 33.9 Å². The van der Waals surface area contributed by atoms with Gasteiger partial charge in [0.15, 0.2) is 0 Å². The van der Waals surface area contributed by atoms with Crippen molar-refractivity contribution in [3.05, 3.63) is 69.7 Å². The summed E-state index contributed by atoms with van der Waals surface area (Å²) in [6, 6.07) is 14.4. The lowest BCUT2D eigenvalue weighted by Crippen LogP contribution is -2.34. The molecule has 0 unspecified atom stereocenters. The number of hydrogen-bond donors (Lipinski definition) is 1. The van der Waals surface area contributed by atoms with Crippen LogP contribution in [0.4, 0.5) is 4.79 Å². The molecule has 0 fully saturated rings. The number of para-hydroxylation sites is 2. The molecule has 0 saturated heterocycles. The molecule has 7 heteroatoms. The van der Waals surface area contributed by atoms with E-state index in [1.807, 2.05) is 30.3 Å². The van der Waals surface area contributed by atoms with Gasteiger partial charge in [-0.15, -0.1) is 0 Å². The number of benzene rings is 2. The fraction of sp³-hybridized carbons (Fsp3) is 0.286. The van der Waals surface area contributed by atoms with E-state index in [0.717, 1.165) is 0 Å². The van der Waals surface area contributed by atoms with Gasteiger partial charge in [0.05, 0.1) is 21.6 Å². The highest BCUT2D eigenvalue weighted by Gasteiger charge is 2.17. The molecule has 0 aliphatic carbocycles. The lowest BCUT2D eigenvalue weighted by molar-refractivity contribution is 0.0528. The minimum Gasteiger partial charge on any atom is -0.444 e. The third-order valence-electron chi connectivity index (χ3n) is 3.95. The summed E-state index contributed by atoms with van der Waals surface area (Å²) in [6.07, 6.45) is -0.176. The zero-order chi connectivity index (χ0) is 20.3. The van der Waals surface area contributed by atoms with E-state index in [4.69, 9.17) is 16.3 Å². The minimum absolute atomic E-state index is 0.203. The molecule has 6 nitrogen and oxygen atoms in total. The number of fused-ring (bicyclic) bond motifs is 1. The maximum Gasteiger partial charge on any atom is 0.407 e. The number of ether oxygens (including phenoxy) is 1. The van der Waals surface area contributed by atoms with Crippen molar-refractivity contribution >= 4 is 28.6 Å². The number of alkyl carbamates (subject to hydrolysis) is 1. The third kappa shape index (κ3) is 4.51. The summed E-state index contributed by atoms with van der Waals surface area (Å²) in [6.45, 7) is 5.66. The Morgan fingerprint density at radius 3 is 2.54 bits per heavy atom. The second-order valence-electron chi connectivity index (χ2n) is 7.32. The van der Waals surface area contributed by atoms with Gasteiger partial charge in [-0.1, -0.05) is 35.9 Å². The smallest absolute Gasteiger partial charge is 0.407 e. The summed E-state index contributed by atoms with van der Waals surface area (Å²) < 4.78 is 6.79. The zero-order valence-corrected chi connectivity index (χ0v) is 16.8. The molecule has 1 heterocycles. The Kier molecular flexibility index (Phi) is 5.70. The SMILES string of the molecule is CC(C)(C)OC(=O)NCCc1nc2c(Cl)cccc2c(=O)n1-c1ccccc1. The summed E-state index contributed by atoms with van der Waals surface area (Å²) in [5.74, 6) is 0.507. The fourth-order valence-corrected chi connectivity index (χ4v) is 3.04. The summed E-state index contributed by atoms with van der Waals surface area (Å²) in [5, 5.41) is 3.56. The molecule has 3 aromatic rings. The number of nitrogens with zero attached hydrogens (tertiary/aromatic N) is 2. The van der Waals surface area contributed by atoms with Crippen molar-refractivity contribution in [3.63, 3.8) is 0 Å². The van der Waals surface area contributed by atoms with Crippen molar-refractivity contribution in [2.45, 2.75) is 32.8 Å². The molecule has 0 atom stereocenters. The van der Waals surface area contributed by atoms with Crippen LogP contribution in [0.2, 0.25) is 5.02 Å². The number of carbonyl (C=O) groups excluding carboxylic acids is 1. The topological polar surface area (TPSA) is 73.2 Å². The summed E-state index contributed by atoms with van der Waals surface area (Å²) >= 11 is 6.26. The predicted molar refractivity (Wildman–Crippen MR) is 110 cm³/mol. The second kappa shape index (κ2) is 8.02. The van der Waals surface area contributed by atoms with Gasteiger partial charge in [-0.2, -0.15) is 0 Å². The Hall–Kier alpha value is -2.86. The Morgan fingerprint density at radius 1 is 1.14 bits per heavy atom. The van der Waals surface area contributed by atoms with Crippen LogP contribution in [0.15, 0.2) is 53.3 Å². The molecule has 1 aromatic heterocycles. The fourth-order valence-electron chi connectivity index (χ4n) is 2.82. The zero-order valence-electron chi connectivity index (χ0n) is 16.0. The first kappa shape index (κ1) is 19.9. The average molecular weight is 400 g/mol. The van der Waals surface area contributed by atoms with Gasteiger partial charge in [-0.05, 0) is 45.0 Å². The Balaban J connectivity index is 1.97. The number of hydrogen-bond acceptors (Lipinski definition) is 4. The monoisotopic (exact) mass is 399 g/mol. The van der Waals surface area contributed by atoms with Gasteiger partial charge in [-0.25, -0.2) is 9.78 Å². The highest BCUT2D eigenvalue weighted by molar-refractivity contribution is 6.34. The molecule has 1 amide bonds. The summed E-state index contributed by atoms with van der Waals surface area (Å²) in [7, 11) is 0. The van der Waals surface area contributed by atoms with E-state index in [-0.39, 0.29) is 12.1 Å². The van der Waals surface area contributed by atoms with E-state index in [1.54, 1.807) is 43.5 Å². The Labute approximate surface area is 168 Å². The molecule has 0 aliphatic heterocycles. The van der Waals surface area contributed by atoms with Crippen LogP contribution in [0.3, 0.4) is 0 Å². The van der Waals surface area contributed by atoms with Crippen LogP contribution in [0.5, 0.6) is 0 Å². The number of carbonyl (C=O) groups is 1. The first-order chi connectivity index (χ1) is 13.3. The van der Waals surface area contributed by atoms with E-state index < -0.39 is 11.7 Å². The van der Waals surface area contributed by atoms with Crippen LogP contribution >= 0.6 is 11.6 Å². The molecule has 28 heavy (non-hydrogen) atoms. The maximum absolute atomic E-state index is 13.1. The lowest BCUT2D eigenvalue weighted by Gasteiger charge is -2.20. The summed E-state index contributed by atoms with van der Waals surface area (Å²) in [5.41, 5.74) is 0.374. The van der Waals surface area contributed by atoms with Gasteiger partial charge < -0.3 is 10.1 Å². The molecule has 146 valence electrons. The molecule has 0 aliphatic rings. The highest BCUT2D eigenvalue weighted by Crippen LogP contribution is 2.20. The second-order valence-corrected chi connectivity index (χ2v) is 7.73. The molecule has 3 rings (SSSR count). The van der Waals surface area contributed by atoms with Crippen molar-refractivity contribution in [2.24, 2.45) is 0 Å². The molecular weight excluding hydrogens is 378 g/mol. The number of nitrogens with one attached hydrogen (secondary N) is 1. The predicted octanol–water partition coefficient (Wildman–Crippen LogP) is 4.11. The van der Waals surface area contributed by atoms with Crippen LogP contribution in [-0.4, -0.2) is 27.8 Å². The minimum atomic E-state index is -0.578. The van der Waals surface area contributed by atoms with Crippen molar-refractivity contribution < 1.29 is 9.53 Å². The van der Waals surface area contributed by atoms with E-state index in [2.05, 4.69) is 10.3 Å².